The molecule has 0 radical (unpaired) electrons. The summed E-state index contributed by atoms with van der Waals surface area (Å²) in [6.07, 6.45) is 2.31. The van der Waals surface area contributed by atoms with Crippen LogP contribution in [0.15, 0.2) is 94.5 Å². The monoisotopic (exact) mass is 656 g/mol. The minimum atomic E-state index is -0.173. The quantitative estimate of drug-likeness (QED) is 0.219. The zero-order valence-electron chi connectivity index (χ0n) is 24.6. The summed E-state index contributed by atoms with van der Waals surface area (Å²) in [5.74, 6) is 0. The van der Waals surface area contributed by atoms with Gasteiger partial charge in [0.1, 0.15) is 0 Å². The molecular formula is C34H26Cl2N4O6. The van der Waals surface area contributed by atoms with Gasteiger partial charge < -0.3 is 0 Å². The first-order valence-electron chi connectivity index (χ1n) is 13.7. The van der Waals surface area contributed by atoms with Crippen molar-refractivity contribution in [3.05, 3.63) is 127 Å². The summed E-state index contributed by atoms with van der Waals surface area (Å²) in [6, 6.07) is 26.7. The summed E-state index contributed by atoms with van der Waals surface area (Å²) < 4.78 is 0. The molecule has 10 nitrogen and oxygen atoms in total. The van der Waals surface area contributed by atoms with Crippen LogP contribution in [0.4, 0.5) is 0 Å². The number of nitrogens with zero attached hydrogens (tertiary/aromatic N) is 2. The van der Waals surface area contributed by atoms with Gasteiger partial charge in [-0.3, -0.25) is 9.59 Å². The van der Waals surface area contributed by atoms with Gasteiger partial charge in [-0.25, -0.2) is 10.2 Å². The molecule has 0 spiro atoms. The molecular weight excluding hydrogens is 631 g/mol. The first-order valence-corrected chi connectivity index (χ1v) is 14.5. The van der Waals surface area contributed by atoms with Crippen LogP contribution in [-0.4, -0.2) is 32.7 Å². The SMILES string of the molecule is CCc1ccc2c(-c3cccc(Cl)c3)n[nH]c(=O)c2c1.CCc1ccc2c(=O)[nH]nc(-c3cccc(Cl)c3)c2c1.O=C=O.O=C=O. The van der Waals surface area contributed by atoms with Crippen molar-refractivity contribution in [1.82, 2.24) is 20.4 Å². The van der Waals surface area contributed by atoms with E-state index < -0.39 is 0 Å². The van der Waals surface area contributed by atoms with Gasteiger partial charge in [-0.2, -0.15) is 29.4 Å². The summed E-state index contributed by atoms with van der Waals surface area (Å²) >= 11 is 12.1. The van der Waals surface area contributed by atoms with Gasteiger partial charge in [-0.15, -0.1) is 0 Å². The fourth-order valence-corrected chi connectivity index (χ4v) is 4.96. The smallest absolute Gasteiger partial charge is 0.267 e. The van der Waals surface area contributed by atoms with Crippen LogP contribution in [0.1, 0.15) is 25.0 Å². The van der Waals surface area contributed by atoms with E-state index in [1.54, 1.807) is 0 Å². The number of hydrogen-bond acceptors (Lipinski definition) is 8. The normalized spacial score (nSPS) is 9.83. The number of halogens is 2. The van der Waals surface area contributed by atoms with E-state index in [9.17, 15) is 9.59 Å². The summed E-state index contributed by atoms with van der Waals surface area (Å²) in [7, 11) is 0. The maximum Gasteiger partial charge on any atom is 0.373 e. The Morgan fingerprint density at radius 1 is 0.565 bits per heavy atom. The fraction of sp³-hybridized carbons (Fsp3) is 0.118. The fourth-order valence-electron chi connectivity index (χ4n) is 4.58. The molecule has 0 saturated carbocycles. The molecule has 2 heterocycles. The predicted molar refractivity (Wildman–Crippen MR) is 174 cm³/mol. The van der Waals surface area contributed by atoms with Gasteiger partial charge in [0.15, 0.2) is 0 Å². The number of H-pyrrole nitrogens is 2. The molecule has 0 amide bonds. The van der Waals surface area contributed by atoms with Crippen LogP contribution < -0.4 is 11.1 Å². The first-order chi connectivity index (χ1) is 22.2. The average Bonchev–Trinajstić information content (AvgIpc) is 3.06. The Bertz CT molecular complexity index is 2150. The Balaban J connectivity index is 0.000000214. The van der Waals surface area contributed by atoms with Gasteiger partial charge in [-0.1, -0.05) is 79.5 Å². The van der Waals surface area contributed by atoms with Crippen molar-refractivity contribution in [2.24, 2.45) is 0 Å². The Morgan fingerprint density at radius 2 is 0.978 bits per heavy atom. The van der Waals surface area contributed by atoms with Gasteiger partial charge in [0.2, 0.25) is 0 Å². The molecule has 6 rings (SSSR count). The zero-order valence-corrected chi connectivity index (χ0v) is 26.1. The van der Waals surface area contributed by atoms with Crippen molar-refractivity contribution in [2.75, 3.05) is 0 Å². The minimum Gasteiger partial charge on any atom is -0.267 e. The van der Waals surface area contributed by atoms with Crippen molar-refractivity contribution in [1.29, 1.82) is 0 Å². The second-order valence-corrected chi connectivity index (χ2v) is 10.3. The summed E-state index contributed by atoms with van der Waals surface area (Å²) in [6.45, 7) is 4.15. The van der Waals surface area contributed by atoms with Crippen molar-refractivity contribution in [3.63, 3.8) is 0 Å². The lowest BCUT2D eigenvalue weighted by Gasteiger charge is -2.07. The molecule has 4 aromatic carbocycles. The van der Waals surface area contributed by atoms with E-state index in [2.05, 4.69) is 34.2 Å². The van der Waals surface area contributed by atoms with Crippen molar-refractivity contribution < 1.29 is 19.2 Å². The molecule has 12 heteroatoms. The minimum absolute atomic E-state index is 0.166. The maximum absolute atomic E-state index is 12.0. The number of aryl methyl sites for hydroxylation is 2. The third-order valence-electron chi connectivity index (χ3n) is 6.72. The lowest BCUT2D eigenvalue weighted by molar-refractivity contribution is -0.193. The number of carbonyl (C=O) groups excluding carboxylic acids is 4. The van der Waals surface area contributed by atoms with Crippen LogP contribution in [-0.2, 0) is 32.0 Å². The topological polar surface area (TPSA) is 160 Å². The summed E-state index contributed by atoms with van der Waals surface area (Å²) in [5.41, 5.74) is 5.24. The van der Waals surface area contributed by atoms with Crippen molar-refractivity contribution in [2.45, 2.75) is 26.7 Å². The van der Waals surface area contributed by atoms with Crippen LogP contribution in [0.2, 0.25) is 10.0 Å². The third-order valence-corrected chi connectivity index (χ3v) is 7.19. The van der Waals surface area contributed by atoms with Crippen molar-refractivity contribution >= 4 is 57.0 Å². The Hall–Kier alpha value is -5.50. The number of aromatic amines is 2. The lowest BCUT2D eigenvalue weighted by Crippen LogP contribution is -2.09. The van der Waals surface area contributed by atoms with Gasteiger partial charge in [0.05, 0.1) is 22.2 Å². The highest BCUT2D eigenvalue weighted by atomic mass is 35.5. The number of benzene rings is 4. The first kappa shape index (κ1) is 35.0. The highest BCUT2D eigenvalue weighted by molar-refractivity contribution is 6.31. The van der Waals surface area contributed by atoms with Crippen LogP contribution in [0.5, 0.6) is 0 Å². The number of aromatic nitrogens is 4. The molecule has 0 atom stereocenters. The van der Waals surface area contributed by atoms with Crippen LogP contribution in [0.25, 0.3) is 44.1 Å². The second-order valence-electron chi connectivity index (χ2n) is 9.46. The van der Waals surface area contributed by atoms with Crippen LogP contribution in [0, 0.1) is 0 Å². The van der Waals surface area contributed by atoms with Crippen LogP contribution >= 0.6 is 23.2 Å². The molecule has 0 saturated heterocycles. The molecule has 0 unspecified atom stereocenters. The largest absolute Gasteiger partial charge is 0.373 e. The van der Waals surface area contributed by atoms with Crippen molar-refractivity contribution in [3.8, 4) is 22.5 Å². The molecule has 2 N–H and O–H groups in total. The average molecular weight is 658 g/mol. The molecule has 46 heavy (non-hydrogen) atoms. The Kier molecular flexibility index (Phi) is 13.0. The third kappa shape index (κ3) is 8.79. The maximum atomic E-state index is 12.0. The molecule has 0 aliphatic carbocycles. The predicted octanol–water partition coefficient (Wildman–Crippen LogP) is 6.44. The standard InChI is InChI=1S/2C16H13ClN2O.2CO2/c1-2-10-6-7-13-14(8-10)15(18-19-16(13)20)11-4-3-5-12(17)9-11;1-2-10-6-7-13-14(8-10)16(20)19-18-15(13)11-4-3-5-12(17)9-11;2*2-1-3/h2*3-9H,2H2,1H3,(H,19,20);;. The molecule has 0 fully saturated rings. The van der Waals surface area contributed by atoms with Gasteiger partial charge in [-0.05, 0) is 66.4 Å². The molecule has 0 aliphatic rings. The van der Waals surface area contributed by atoms with Crippen LogP contribution in [0.3, 0.4) is 0 Å². The highest BCUT2D eigenvalue weighted by Crippen LogP contribution is 2.28. The molecule has 2 aromatic heterocycles. The summed E-state index contributed by atoms with van der Waals surface area (Å²) in [5, 5.41) is 17.8. The molecule has 6 aromatic rings. The number of fused-ring (bicyclic) bond motifs is 2. The van der Waals surface area contributed by atoms with Gasteiger partial charge in [0.25, 0.3) is 11.1 Å². The van der Waals surface area contributed by atoms with E-state index in [1.165, 1.54) is 5.56 Å². The highest BCUT2D eigenvalue weighted by Gasteiger charge is 2.11. The van der Waals surface area contributed by atoms with E-state index in [1.807, 2.05) is 84.9 Å². The number of nitrogens with one attached hydrogen (secondary N) is 2. The number of hydrogen-bond donors (Lipinski definition) is 2. The van der Waals surface area contributed by atoms with E-state index in [0.717, 1.165) is 51.7 Å². The second kappa shape index (κ2) is 17.1. The molecule has 0 bridgehead atoms. The Labute approximate surface area is 272 Å². The molecule has 232 valence electrons. The Morgan fingerprint density at radius 3 is 1.43 bits per heavy atom. The van der Waals surface area contributed by atoms with E-state index in [4.69, 9.17) is 42.4 Å². The van der Waals surface area contributed by atoms with Gasteiger partial charge in [0, 0.05) is 31.9 Å². The molecule has 0 aliphatic heterocycles. The number of rotatable bonds is 4. The van der Waals surface area contributed by atoms with E-state index >= 15 is 0 Å². The summed E-state index contributed by atoms with van der Waals surface area (Å²) in [4.78, 5) is 56.3. The van der Waals surface area contributed by atoms with E-state index in [0.29, 0.717) is 20.8 Å². The van der Waals surface area contributed by atoms with E-state index in [-0.39, 0.29) is 23.4 Å². The van der Waals surface area contributed by atoms with Gasteiger partial charge >= 0.3 is 12.3 Å². The zero-order chi connectivity index (χ0) is 33.6. The lowest BCUT2D eigenvalue weighted by atomic mass is 10.0.